The van der Waals surface area contributed by atoms with E-state index in [-0.39, 0.29) is 11.9 Å². The Balaban J connectivity index is 2.26. The summed E-state index contributed by atoms with van der Waals surface area (Å²) in [6.45, 7) is 2.47. The van der Waals surface area contributed by atoms with Gasteiger partial charge in [0.2, 0.25) is 0 Å². The van der Waals surface area contributed by atoms with Crippen LogP contribution in [0.3, 0.4) is 0 Å². The highest BCUT2D eigenvalue weighted by molar-refractivity contribution is 5.22. The molecule has 0 amide bonds. The molecular formula is C11H14FNO2. The maximum absolute atomic E-state index is 13.5. The van der Waals surface area contributed by atoms with Gasteiger partial charge in [-0.3, -0.25) is 0 Å². The average molecular weight is 211 g/mol. The van der Waals surface area contributed by atoms with Gasteiger partial charge < -0.3 is 15.2 Å². The fourth-order valence-corrected chi connectivity index (χ4v) is 1.61. The zero-order valence-electron chi connectivity index (χ0n) is 8.57. The molecular weight excluding hydrogens is 197 g/mol. The maximum Gasteiger partial charge on any atom is 0.194 e. The zero-order chi connectivity index (χ0) is 10.9. The molecule has 15 heavy (non-hydrogen) atoms. The number of hydrogen-bond donors (Lipinski definition) is 1. The summed E-state index contributed by atoms with van der Waals surface area (Å²) in [4.78, 5) is 0. The quantitative estimate of drug-likeness (QED) is 0.763. The van der Waals surface area contributed by atoms with E-state index in [9.17, 15) is 4.39 Å². The fourth-order valence-electron chi connectivity index (χ4n) is 1.61. The molecule has 2 N–H and O–H groups in total. The second kappa shape index (κ2) is 3.89. The van der Waals surface area contributed by atoms with Gasteiger partial charge in [-0.25, -0.2) is 4.39 Å². The third kappa shape index (κ3) is 2.02. The van der Waals surface area contributed by atoms with Crippen molar-refractivity contribution in [3.05, 3.63) is 35.6 Å². The van der Waals surface area contributed by atoms with Gasteiger partial charge in [-0.1, -0.05) is 18.2 Å². The minimum Gasteiger partial charge on any atom is -0.344 e. The molecule has 0 aromatic heterocycles. The predicted octanol–water partition coefficient (Wildman–Crippen LogP) is 1.37. The number of hydrogen-bond acceptors (Lipinski definition) is 3. The lowest BCUT2D eigenvalue weighted by Gasteiger charge is -2.36. The lowest BCUT2D eigenvalue weighted by molar-refractivity contribution is -0.271. The summed E-state index contributed by atoms with van der Waals surface area (Å²) >= 11 is 0. The molecule has 1 aliphatic heterocycles. The Morgan fingerprint density at radius 2 is 1.93 bits per heavy atom. The highest BCUT2D eigenvalue weighted by Gasteiger charge is 2.35. The first-order valence-corrected chi connectivity index (χ1v) is 4.90. The molecule has 1 aliphatic rings. The van der Waals surface area contributed by atoms with Crippen LogP contribution in [-0.2, 0) is 15.3 Å². The first-order chi connectivity index (χ1) is 7.12. The minimum absolute atomic E-state index is 0.134. The first kappa shape index (κ1) is 10.5. The molecule has 0 radical (unpaired) electrons. The van der Waals surface area contributed by atoms with Crippen molar-refractivity contribution in [3.63, 3.8) is 0 Å². The number of halogens is 1. The van der Waals surface area contributed by atoms with Crippen LogP contribution in [0.15, 0.2) is 24.3 Å². The normalized spacial score (nSPS) is 31.5. The highest BCUT2D eigenvalue weighted by atomic mass is 19.1. The van der Waals surface area contributed by atoms with Crippen molar-refractivity contribution in [2.45, 2.75) is 18.8 Å². The van der Waals surface area contributed by atoms with E-state index >= 15 is 0 Å². The van der Waals surface area contributed by atoms with Gasteiger partial charge >= 0.3 is 0 Å². The average Bonchev–Trinajstić information content (AvgIpc) is 2.23. The molecule has 1 saturated heterocycles. The molecule has 1 aromatic rings. The third-order valence-corrected chi connectivity index (χ3v) is 2.51. The Bertz CT molecular complexity index is 348. The fraction of sp³-hybridized carbons (Fsp3) is 0.455. The van der Waals surface area contributed by atoms with Crippen molar-refractivity contribution in [1.29, 1.82) is 0 Å². The Morgan fingerprint density at radius 3 is 2.53 bits per heavy atom. The number of nitrogens with two attached hydrogens (primary N) is 1. The standard InChI is InChI=1S/C11H14FNO2/c1-11(14-6-8(13)7-15-11)9-4-2-3-5-10(9)12/h2-5,8H,6-7,13H2,1H3. The van der Waals surface area contributed by atoms with Gasteiger partial charge in [-0.2, -0.15) is 0 Å². The molecule has 1 heterocycles. The largest absolute Gasteiger partial charge is 0.344 e. The van der Waals surface area contributed by atoms with E-state index in [2.05, 4.69) is 0 Å². The molecule has 0 unspecified atom stereocenters. The van der Waals surface area contributed by atoms with Gasteiger partial charge in [0, 0.05) is 5.56 Å². The van der Waals surface area contributed by atoms with Crippen molar-refractivity contribution in [1.82, 2.24) is 0 Å². The molecule has 0 aliphatic carbocycles. The number of benzene rings is 1. The molecule has 1 aromatic carbocycles. The molecule has 2 rings (SSSR count). The van der Waals surface area contributed by atoms with Crippen LogP contribution in [0.25, 0.3) is 0 Å². The van der Waals surface area contributed by atoms with Gasteiger partial charge in [0.25, 0.3) is 0 Å². The lowest BCUT2D eigenvalue weighted by Crippen LogP contribution is -2.46. The van der Waals surface area contributed by atoms with Gasteiger partial charge in [0.1, 0.15) is 5.82 Å². The Hall–Kier alpha value is -0.970. The van der Waals surface area contributed by atoms with Gasteiger partial charge in [-0.15, -0.1) is 0 Å². The smallest absolute Gasteiger partial charge is 0.194 e. The highest BCUT2D eigenvalue weighted by Crippen LogP contribution is 2.31. The van der Waals surface area contributed by atoms with Crippen LogP contribution in [0.5, 0.6) is 0 Å². The lowest BCUT2D eigenvalue weighted by atomic mass is 10.1. The monoisotopic (exact) mass is 211 g/mol. The van der Waals surface area contributed by atoms with E-state index in [0.717, 1.165) is 0 Å². The summed E-state index contributed by atoms with van der Waals surface area (Å²) in [5.74, 6) is -1.34. The van der Waals surface area contributed by atoms with Crippen LogP contribution in [-0.4, -0.2) is 19.3 Å². The van der Waals surface area contributed by atoms with E-state index in [1.54, 1.807) is 25.1 Å². The molecule has 0 bridgehead atoms. The molecule has 0 atom stereocenters. The first-order valence-electron chi connectivity index (χ1n) is 4.90. The summed E-state index contributed by atoms with van der Waals surface area (Å²) in [6.07, 6.45) is 0. The van der Waals surface area contributed by atoms with Crippen molar-refractivity contribution >= 4 is 0 Å². The molecule has 4 heteroatoms. The van der Waals surface area contributed by atoms with Crippen molar-refractivity contribution in [2.24, 2.45) is 5.73 Å². The second-order valence-electron chi connectivity index (χ2n) is 3.81. The number of ether oxygens (including phenoxy) is 2. The van der Waals surface area contributed by atoms with Crippen molar-refractivity contribution in [2.75, 3.05) is 13.2 Å². The van der Waals surface area contributed by atoms with Crippen LogP contribution in [0.4, 0.5) is 4.39 Å². The SMILES string of the molecule is CC1(c2ccccc2F)OCC(N)CO1. The third-order valence-electron chi connectivity index (χ3n) is 2.51. The molecule has 3 nitrogen and oxygen atoms in total. The summed E-state index contributed by atoms with van der Waals surface area (Å²) in [7, 11) is 0. The van der Waals surface area contributed by atoms with Gasteiger partial charge in [-0.05, 0) is 13.0 Å². The van der Waals surface area contributed by atoms with Crippen molar-refractivity contribution < 1.29 is 13.9 Å². The van der Waals surface area contributed by atoms with E-state index in [4.69, 9.17) is 15.2 Å². The second-order valence-corrected chi connectivity index (χ2v) is 3.81. The topological polar surface area (TPSA) is 44.5 Å². The summed E-state index contributed by atoms with van der Waals surface area (Å²) in [6, 6.07) is 6.31. The van der Waals surface area contributed by atoms with E-state index in [1.807, 2.05) is 0 Å². The van der Waals surface area contributed by atoms with Crippen LogP contribution in [0, 0.1) is 5.82 Å². The minimum atomic E-state index is -1.01. The Morgan fingerprint density at radius 1 is 1.33 bits per heavy atom. The van der Waals surface area contributed by atoms with Crippen LogP contribution < -0.4 is 5.73 Å². The predicted molar refractivity (Wildman–Crippen MR) is 53.6 cm³/mol. The molecule has 0 saturated carbocycles. The molecule has 82 valence electrons. The Kier molecular flexibility index (Phi) is 2.73. The summed E-state index contributed by atoms with van der Waals surface area (Å²) in [5, 5.41) is 0. The Labute approximate surface area is 88.0 Å². The van der Waals surface area contributed by atoms with E-state index in [1.165, 1.54) is 6.07 Å². The summed E-state index contributed by atoms with van der Waals surface area (Å²) < 4.78 is 24.4. The number of rotatable bonds is 1. The van der Waals surface area contributed by atoms with Gasteiger partial charge in [0.15, 0.2) is 5.79 Å². The van der Waals surface area contributed by atoms with Crippen LogP contribution in [0.1, 0.15) is 12.5 Å². The summed E-state index contributed by atoms with van der Waals surface area (Å²) in [5.41, 5.74) is 6.04. The zero-order valence-corrected chi connectivity index (χ0v) is 8.57. The van der Waals surface area contributed by atoms with Gasteiger partial charge in [0.05, 0.1) is 19.3 Å². The van der Waals surface area contributed by atoms with Crippen LogP contribution in [0.2, 0.25) is 0 Å². The van der Waals surface area contributed by atoms with Crippen molar-refractivity contribution in [3.8, 4) is 0 Å². The van der Waals surface area contributed by atoms with E-state index < -0.39 is 5.79 Å². The maximum atomic E-state index is 13.5. The molecule has 0 spiro atoms. The van der Waals surface area contributed by atoms with Crippen LogP contribution >= 0.6 is 0 Å². The van der Waals surface area contributed by atoms with E-state index in [0.29, 0.717) is 18.8 Å². The molecule has 1 fully saturated rings.